The zero-order valence-corrected chi connectivity index (χ0v) is 73.6. The fourth-order valence-corrected chi connectivity index (χ4v) is 22.3. The highest BCUT2D eigenvalue weighted by atomic mass is 16.3. The van der Waals surface area contributed by atoms with E-state index in [1.165, 1.54) is 225 Å². The summed E-state index contributed by atoms with van der Waals surface area (Å²) in [6.07, 6.45) is 4.33. The Morgan fingerprint density at radius 3 is 0.933 bits per heavy atom. The van der Waals surface area contributed by atoms with Gasteiger partial charge in [-0.2, -0.15) is 0 Å². The smallest absolute Gasteiger partial charge is 0.135 e. The van der Waals surface area contributed by atoms with E-state index in [-0.39, 0.29) is 5.41 Å². The van der Waals surface area contributed by atoms with E-state index in [9.17, 15) is 0 Å². The molecule has 0 bridgehead atoms. The van der Waals surface area contributed by atoms with Crippen LogP contribution in [0.1, 0.15) is 25.0 Å². The zero-order chi connectivity index (χ0) is 88.4. The molecule has 134 heavy (non-hydrogen) atoms. The molecule has 0 aliphatic heterocycles. The van der Waals surface area contributed by atoms with Crippen LogP contribution < -0.4 is 0 Å². The van der Waals surface area contributed by atoms with Crippen molar-refractivity contribution in [1.29, 1.82) is 0 Å². The molecule has 29 rings (SSSR count). The minimum absolute atomic E-state index is 0.0357. The van der Waals surface area contributed by atoms with Crippen LogP contribution in [-0.4, -0.2) is 27.4 Å². The second kappa shape index (κ2) is 30.3. The van der Waals surface area contributed by atoms with Crippen LogP contribution in [0.25, 0.3) is 242 Å². The van der Waals surface area contributed by atoms with Gasteiger partial charge in [0.05, 0.1) is 55.2 Å². The first kappa shape index (κ1) is 76.5. The van der Waals surface area contributed by atoms with Crippen molar-refractivity contribution >= 4 is 163 Å². The minimum atomic E-state index is -0.0357. The Balaban J connectivity index is 0.000000102. The third kappa shape index (κ3) is 12.1. The normalized spacial score (nSPS) is 12.5. The topological polar surface area (TPSA) is 42.7 Å². The molecule has 7 aromatic heterocycles. The molecule has 0 atom stereocenters. The number of benzene rings is 21. The van der Waals surface area contributed by atoms with Crippen molar-refractivity contribution in [2.45, 2.75) is 19.3 Å². The summed E-state index contributed by atoms with van der Waals surface area (Å²) >= 11 is 0. The molecule has 7 nitrogen and oxygen atoms in total. The van der Waals surface area contributed by atoms with Crippen LogP contribution in [-0.2, 0) is 5.41 Å². The van der Waals surface area contributed by atoms with Crippen LogP contribution in [0.15, 0.2) is 478 Å². The van der Waals surface area contributed by atoms with E-state index < -0.39 is 0 Å². The molecule has 0 fully saturated rings. The third-order valence-corrected chi connectivity index (χ3v) is 28.6. The molecule has 0 saturated heterocycles. The van der Waals surface area contributed by atoms with Crippen LogP contribution in [0.3, 0.4) is 0 Å². The van der Waals surface area contributed by atoms with Crippen LogP contribution in [0.5, 0.6) is 0 Å². The number of rotatable bonds is 9. The molecule has 21 aromatic carbocycles. The van der Waals surface area contributed by atoms with Crippen molar-refractivity contribution < 1.29 is 4.42 Å². The summed E-state index contributed by atoms with van der Waals surface area (Å²) in [5.41, 5.74) is 33.8. The minimum Gasteiger partial charge on any atom is -0.456 e. The molecule has 0 saturated carbocycles. The molecule has 0 unspecified atom stereocenters. The van der Waals surface area contributed by atoms with E-state index >= 15 is 0 Å². The Kier molecular flexibility index (Phi) is 17.3. The fraction of sp³-hybridized carbons (Fsp3) is 0.0236. The first-order valence-corrected chi connectivity index (χ1v) is 46.2. The Morgan fingerprint density at radius 1 is 0.172 bits per heavy atom. The fourth-order valence-electron chi connectivity index (χ4n) is 22.3. The summed E-state index contributed by atoms with van der Waals surface area (Å²) in [7, 11) is 0. The van der Waals surface area contributed by atoms with Crippen LogP contribution in [0.2, 0.25) is 0 Å². The standard InChI is InChI=1S/C44H28N2.C42H26N2O.C41H30N2/c1-2-10-32(11-3-1)45-25-24-31-26-29(18-22-42(31)45)30-19-23-44-41(27-30)39-16-8-9-17-43(39)46(44)33-20-21-38-36-14-5-4-12-34(36)35-13-6-7-15-37(35)40(38)28-33;1-2-10-29(11-3-1)43-37-15-7-4-12-31(37)34-24-27(18-21-39(34)43)28-19-22-40-35(25-28)32-13-5-8-16-38(32)44(40)30-20-23-42-36(26-30)33-14-6-9-17-41(33)45-42;1-41(2)36-14-8-6-12-32(36)33-19-18-31(26-37(33)41)43-39-15-9-7-13-34(39)35-25-28(17-21-40(35)43)27-16-20-38-29(24-27)22-23-42(38)30-10-4-3-5-11-30/h1-28H;1-26H;3-26H,1-2H3. The zero-order valence-electron chi connectivity index (χ0n) is 73.6. The van der Waals surface area contributed by atoms with E-state index in [2.05, 4.69) is 503 Å². The van der Waals surface area contributed by atoms with Gasteiger partial charge in [-0.3, -0.25) is 0 Å². The molecule has 7 heteroatoms. The van der Waals surface area contributed by atoms with E-state index in [0.29, 0.717) is 0 Å². The first-order chi connectivity index (χ1) is 66.2. The lowest BCUT2D eigenvalue weighted by Gasteiger charge is -2.22. The lowest BCUT2D eigenvalue weighted by atomic mass is 9.82. The van der Waals surface area contributed by atoms with Crippen molar-refractivity contribution in [1.82, 2.24) is 27.4 Å². The molecule has 0 N–H and O–H groups in total. The molecule has 1 aliphatic rings. The van der Waals surface area contributed by atoms with E-state index in [0.717, 1.165) is 27.6 Å². The molecular weight excluding hydrogens is 1630 g/mol. The van der Waals surface area contributed by atoms with Gasteiger partial charge in [-0.25, -0.2) is 0 Å². The molecule has 0 spiro atoms. The lowest BCUT2D eigenvalue weighted by Crippen LogP contribution is -2.15. The lowest BCUT2D eigenvalue weighted by molar-refractivity contribution is 0.660. The second-order valence-corrected chi connectivity index (χ2v) is 36.3. The van der Waals surface area contributed by atoms with Crippen molar-refractivity contribution in [3.63, 3.8) is 0 Å². The number of nitrogens with zero attached hydrogens (tertiary/aromatic N) is 6. The highest BCUT2D eigenvalue weighted by Gasteiger charge is 2.36. The Morgan fingerprint density at radius 2 is 0.478 bits per heavy atom. The first-order valence-electron chi connectivity index (χ1n) is 46.2. The second-order valence-electron chi connectivity index (χ2n) is 36.3. The number of fused-ring (bicyclic) bond motifs is 26. The average molecular weight is 1710 g/mol. The maximum absolute atomic E-state index is 6.14. The van der Waals surface area contributed by atoms with Crippen molar-refractivity contribution in [2.75, 3.05) is 0 Å². The molecule has 7 heterocycles. The highest BCUT2D eigenvalue weighted by molar-refractivity contribution is 6.26. The molecular formula is C127H84N6O. The number of aromatic nitrogens is 6. The maximum Gasteiger partial charge on any atom is 0.135 e. The SMILES string of the molecule is CC1(C)c2ccccc2-c2ccc(-n3c4ccccc4c4cc(-c5ccc6c(ccn6-c6ccccc6)c5)ccc43)cc21.c1ccc(-n2c3ccccc3c3cc(-c4ccc5c(c4)c4ccccc4n5-c4ccc5oc6ccccc6c5c4)ccc32)cc1.c1ccc(-n2ccc3cc(-c4ccc5c(c4)c4ccccc4n5-c4ccc5c6ccccc6c6ccccc6c5c4)ccc32)cc1. The van der Waals surface area contributed by atoms with E-state index in [4.69, 9.17) is 4.42 Å². The van der Waals surface area contributed by atoms with Gasteiger partial charge < -0.3 is 31.8 Å². The van der Waals surface area contributed by atoms with Gasteiger partial charge in [-0.15, -0.1) is 0 Å². The maximum atomic E-state index is 6.14. The van der Waals surface area contributed by atoms with Gasteiger partial charge in [0.15, 0.2) is 0 Å². The summed E-state index contributed by atoms with van der Waals surface area (Å²) in [5, 5.41) is 22.6. The van der Waals surface area contributed by atoms with Gasteiger partial charge >= 0.3 is 0 Å². The molecule has 0 radical (unpaired) electrons. The van der Waals surface area contributed by atoms with Gasteiger partial charge in [0, 0.05) is 117 Å². The largest absolute Gasteiger partial charge is 0.456 e. The number of hydrogen-bond donors (Lipinski definition) is 0. The molecule has 1 aliphatic carbocycles. The summed E-state index contributed by atoms with van der Waals surface area (Å²) in [5.74, 6) is 0. The van der Waals surface area contributed by atoms with Crippen molar-refractivity contribution in [3.8, 4) is 78.6 Å². The Hall–Kier alpha value is -17.5. The van der Waals surface area contributed by atoms with Gasteiger partial charge in [0.25, 0.3) is 0 Å². The predicted octanol–water partition coefficient (Wildman–Crippen LogP) is 34.0. The summed E-state index contributed by atoms with van der Waals surface area (Å²) in [4.78, 5) is 0. The monoisotopic (exact) mass is 1710 g/mol. The summed E-state index contributed by atoms with van der Waals surface area (Å²) < 4.78 is 20.3. The van der Waals surface area contributed by atoms with Crippen molar-refractivity contribution in [3.05, 3.63) is 485 Å². The number of para-hydroxylation sites is 8. The Bertz CT molecular complexity index is 9650. The predicted molar refractivity (Wildman–Crippen MR) is 564 cm³/mol. The summed E-state index contributed by atoms with van der Waals surface area (Å²) in [6.45, 7) is 4.70. The van der Waals surface area contributed by atoms with Gasteiger partial charge in [-0.1, -0.05) is 281 Å². The van der Waals surface area contributed by atoms with Gasteiger partial charge in [-0.05, 0) is 282 Å². The van der Waals surface area contributed by atoms with E-state index in [1.807, 2.05) is 12.1 Å². The molecule has 0 amide bonds. The number of hydrogen-bond acceptors (Lipinski definition) is 1. The Labute approximate surface area is 772 Å². The van der Waals surface area contributed by atoms with Gasteiger partial charge in [0.2, 0.25) is 0 Å². The van der Waals surface area contributed by atoms with E-state index in [1.54, 1.807) is 0 Å². The average Bonchev–Trinajstić information content (AvgIpc) is 1.53. The van der Waals surface area contributed by atoms with Gasteiger partial charge in [0.1, 0.15) is 11.2 Å². The van der Waals surface area contributed by atoms with Crippen molar-refractivity contribution in [2.24, 2.45) is 0 Å². The molecule has 28 aromatic rings. The highest BCUT2D eigenvalue weighted by Crippen LogP contribution is 2.51. The van der Waals surface area contributed by atoms with Crippen LogP contribution >= 0.6 is 0 Å². The third-order valence-electron chi connectivity index (χ3n) is 28.6. The quantitative estimate of drug-likeness (QED) is 0.133. The molecule has 628 valence electrons. The summed E-state index contributed by atoms with van der Waals surface area (Å²) in [6, 6.07) is 168. The number of furan rings is 1. The van der Waals surface area contributed by atoms with Crippen LogP contribution in [0, 0.1) is 0 Å². The van der Waals surface area contributed by atoms with Crippen LogP contribution in [0.4, 0.5) is 0 Å².